The van der Waals surface area contributed by atoms with Crippen LogP contribution >= 0.6 is 0 Å². The van der Waals surface area contributed by atoms with Gasteiger partial charge in [0.25, 0.3) is 0 Å². The van der Waals surface area contributed by atoms with Gasteiger partial charge in [-0.25, -0.2) is 0 Å². The molecule has 0 radical (unpaired) electrons. The summed E-state index contributed by atoms with van der Waals surface area (Å²) in [6.07, 6.45) is 3.17. The summed E-state index contributed by atoms with van der Waals surface area (Å²) in [5.74, 6) is 0.951. The topological polar surface area (TPSA) is 35.2 Å². The minimum absolute atomic E-state index is 0.148. The van der Waals surface area contributed by atoms with E-state index in [1.165, 1.54) is 12.0 Å². The summed E-state index contributed by atoms with van der Waals surface area (Å²) < 4.78 is 5.60. The van der Waals surface area contributed by atoms with E-state index in [2.05, 4.69) is 19.1 Å². The van der Waals surface area contributed by atoms with E-state index >= 15 is 0 Å². The number of rotatable bonds is 6. The molecule has 0 aliphatic heterocycles. The molecule has 0 aliphatic carbocycles. The summed E-state index contributed by atoms with van der Waals surface area (Å²) in [5, 5.41) is 0. The quantitative estimate of drug-likeness (QED) is 0.749. The van der Waals surface area contributed by atoms with Crippen molar-refractivity contribution in [3.8, 4) is 5.75 Å². The predicted molar refractivity (Wildman–Crippen MR) is 68.8 cm³/mol. The molecule has 0 aliphatic rings. The van der Waals surface area contributed by atoms with Crippen LogP contribution < -0.4 is 10.5 Å². The molecular formula is C14H23NO. The van der Waals surface area contributed by atoms with E-state index in [1.54, 1.807) is 0 Å². The maximum atomic E-state index is 5.97. The zero-order chi connectivity index (χ0) is 12.0. The molecular weight excluding hydrogens is 198 g/mol. The van der Waals surface area contributed by atoms with Crippen LogP contribution in [0.4, 0.5) is 0 Å². The van der Waals surface area contributed by atoms with E-state index in [1.807, 2.05) is 26.0 Å². The Balaban J connectivity index is 2.48. The number of hydrogen-bond donors (Lipinski definition) is 1. The van der Waals surface area contributed by atoms with Gasteiger partial charge in [0.15, 0.2) is 0 Å². The second-order valence-electron chi connectivity index (χ2n) is 5.01. The number of nitrogens with two attached hydrogens (primary N) is 1. The molecule has 0 unspecified atom stereocenters. The van der Waals surface area contributed by atoms with Gasteiger partial charge in [-0.3, -0.25) is 0 Å². The molecule has 1 aromatic rings. The third kappa shape index (κ3) is 5.17. The lowest BCUT2D eigenvalue weighted by atomic mass is 9.96. The average molecular weight is 221 g/mol. The molecule has 1 rings (SSSR count). The van der Waals surface area contributed by atoms with Gasteiger partial charge in [0.2, 0.25) is 0 Å². The predicted octanol–water partition coefficient (Wildman–Crippen LogP) is 3.15. The first-order valence-electron chi connectivity index (χ1n) is 6.02. The van der Waals surface area contributed by atoms with E-state index in [0.29, 0.717) is 0 Å². The standard InChI is InChI=1S/C14H23NO/c1-4-5-10-16-13-8-6-12(7-9-13)11-14(2,3)15/h6-9H,4-5,10-11,15H2,1-3H3. The summed E-state index contributed by atoms with van der Waals surface area (Å²) in [5.41, 5.74) is 7.08. The Morgan fingerprint density at radius 3 is 2.31 bits per heavy atom. The molecule has 0 fully saturated rings. The summed E-state index contributed by atoms with van der Waals surface area (Å²) in [7, 11) is 0. The molecule has 2 nitrogen and oxygen atoms in total. The first-order valence-corrected chi connectivity index (χ1v) is 6.02. The van der Waals surface area contributed by atoms with Crippen LogP contribution in [0.2, 0.25) is 0 Å². The lowest BCUT2D eigenvalue weighted by Crippen LogP contribution is -2.34. The van der Waals surface area contributed by atoms with Crippen molar-refractivity contribution in [3.05, 3.63) is 29.8 Å². The fraction of sp³-hybridized carbons (Fsp3) is 0.571. The SMILES string of the molecule is CCCCOc1ccc(CC(C)(C)N)cc1. The van der Waals surface area contributed by atoms with Gasteiger partial charge in [-0.05, 0) is 44.4 Å². The van der Waals surface area contributed by atoms with Crippen molar-refractivity contribution in [2.24, 2.45) is 5.73 Å². The van der Waals surface area contributed by atoms with Gasteiger partial charge in [-0.15, -0.1) is 0 Å². The van der Waals surface area contributed by atoms with Crippen molar-refractivity contribution in [1.82, 2.24) is 0 Å². The van der Waals surface area contributed by atoms with Crippen molar-refractivity contribution in [2.75, 3.05) is 6.61 Å². The van der Waals surface area contributed by atoms with Gasteiger partial charge in [0.1, 0.15) is 5.75 Å². The lowest BCUT2D eigenvalue weighted by Gasteiger charge is -2.18. The zero-order valence-electron chi connectivity index (χ0n) is 10.6. The number of benzene rings is 1. The van der Waals surface area contributed by atoms with Crippen LogP contribution in [0.15, 0.2) is 24.3 Å². The largest absolute Gasteiger partial charge is 0.494 e. The van der Waals surface area contributed by atoms with Crippen LogP contribution in [0.25, 0.3) is 0 Å². The maximum absolute atomic E-state index is 5.97. The Kier molecular flexibility index (Phi) is 4.81. The second-order valence-corrected chi connectivity index (χ2v) is 5.01. The Bertz CT molecular complexity index is 298. The summed E-state index contributed by atoms with van der Waals surface area (Å²) in [6, 6.07) is 8.24. The van der Waals surface area contributed by atoms with Gasteiger partial charge in [0, 0.05) is 5.54 Å². The summed E-state index contributed by atoms with van der Waals surface area (Å²) in [4.78, 5) is 0. The second kappa shape index (κ2) is 5.90. The monoisotopic (exact) mass is 221 g/mol. The number of unbranched alkanes of at least 4 members (excludes halogenated alkanes) is 1. The van der Waals surface area contributed by atoms with Crippen LogP contribution in [0.1, 0.15) is 39.2 Å². The molecule has 16 heavy (non-hydrogen) atoms. The van der Waals surface area contributed by atoms with Gasteiger partial charge in [-0.1, -0.05) is 25.5 Å². The van der Waals surface area contributed by atoms with Gasteiger partial charge in [0.05, 0.1) is 6.61 Å². The highest BCUT2D eigenvalue weighted by molar-refractivity contribution is 5.28. The van der Waals surface area contributed by atoms with E-state index < -0.39 is 0 Å². The zero-order valence-corrected chi connectivity index (χ0v) is 10.6. The van der Waals surface area contributed by atoms with Gasteiger partial charge < -0.3 is 10.5 Å². The van der Waals surface area contributed by atoms with Crippen LogP contribution in [0.5, 0.6) is 5.75 Å². The van der Waals surface area contributed by atoms with Crippen LogP contribution in [0.3, 0.4) is 0 Å². The molecule has 90 valence electrons. The van der Waals surface area contributed by atoms with E-state index in [4.69, 9.17) is 10.5 Å². The van der Waals surface area contributed by atoms with Crippen LogP contribution in [-0.2, 0) is 6.42 Å². The smallest absolute Gasteiger partial charge is 0.119 e. The highest BCUT2D eigenvalue weighted by Gasteiger charge is 2.11. The summed E-state index contributed by atoms with van der Waals surface area (Å²) >= 11 is 0. The van der Waals surface area contributed by atoms with Crippen molar-refractivity contribution >= 4 is 0 Å². The van der Waals surface area contributed by atoms with Crippen LogP contribution in [-0.4, -0.2) is 12.1 Å². The minimum Gasteiger partial charge on any atom is -0.494 e. The number of hydrogen-bond acceptors (Lipinski definition) is 2. The molecule has 0 amide bonds. The highest BCUT2D eigenvalue weighted by Crippen LogP contribution is 2.16. The van der Waals surface area contributed by atoms with Crippen molar-refractivity contribution in [1.29, 1.82) is 0 Å². The molecule has 0 heterocycles. The Morgan fingerprint density at radius 1 is 1.19 bits per heavy atom. The Labute approximate surface area is 98.8 Å². The molecule has 0 saturated carbocycles. The lowest BCUT2D eigenvalue weighted by molar-refractivity contribution is 0.309. The van der Waals surface area contributed by atoms with Gasteiger partial charge in [-0.2, -0.15) is 0 Å². The van der Waals surface area contributed by atoms with Gasteiger partial charge >= 0.3 is 0 Å². The normalized spacial score (nSPS) is 11.5. The van der Waals surface area contributed by atoms with E-state index in [-0.39, 0.29) is 5.54 Å². The maximum Gasteiger partial charge on any atom is 0.119 e. The van der Waals surface area contributed by atoms with Crippen molar-refractivity contribution < 1.29 is 4.74 Å². The first-order chi connectivity index (χ1) is 7.51. The Hall–Kier alpha value is -1.02. The van der Waals surface area contributed by atoms with Crippen LogP contribution in [0, 0.1) is 0 Å². The average Bonchev–Trinajstić information content (AvgIpc) is 2.19. The van der Waals surface area contributed by atoms with Crippen molar-refractivity contribution in [3.63, 3.8) is 0 Å². The molecule has 0 aromatic heterocycles. The molecule has 0 bridgehead atoms. The molecule has 0 spiro atoms. The van der Waals surface area contributed by atoms with Crippen molar-refractivity contribution in [2.45, 2.75) is 45.6 Å². The first kappa shape index (κ1) is 13.0. The third-order valence-corrected chi connectivity index (χ3v) is 2.35. The van der Waals surface area contributed by atoms with E-state index in [0.717, 1.165) is 25.2 Å². The summed E-state index contributed by atoms with van der Waals surface area (Å²) in [6.45, 7) is 7.05. The molecule has 1 aromatic carbocycles. The molecule has 2 N–H and O–H groups in total. The Morgan fingerprint density at radius 2 is 1.81 bits per heavy atom. The number of ether oxygens (including phenoxy) is 1. The minimum atomic E-state index is -0.148. The molecule has 0 atom stereocenters. The fourth-order valence-corrected chi connectivity index (χ4v) is 1.56. The highest BCUT2D eigenvalue weighted by atomic mass is 16.5. The molecule has 2 heteroatoms. The molecule has 0 saturated heterocycles. The third-order valence-electron chi connectivity index (χ3n) is 2.35. The fourth-order valence-electron chi connectivity index (χ4n) is 1.56. The van der Waals surface area contributed by atoms with E-state index in [9.17, 15) is 0 Å².